The molecule has 61 heavy (non-hydrogen) atoms. The fourth-order valence-electron chi connectivity index (χ4n) is 8.39. The van der Waals surface area contributed by atoms with Crippen LogP contribution in [-0.2, 0) is 28.6 Å². The highest BCUT2D eigenvalue weighted by molar-refractivity contribution is 5.71. The Morgan fingerprint density at radius 2 is 0.541 bits per heavy atom. The predicted octanol–water partition coefficient (Wildman–Crippen LogP) is 17.8. The molecule has 0 radical (unpaired) electrons. The molecule has 0 spiro atoms. The predicted molar refractivity (Wildman–Crippen MR) is 261 cm³/mol. The number of carbonyl (C=O) groups is 3. The summed E-state index contributed by atoms with van der Waals surface area (Å²) in [4.78, 5) is 38.0. The molecular weight excluding hydrogens is 757 g/mol. The Hall–Kier alpha value is -1.59. The molecule has 0 aromatic carbocycles. The Labute approximate surface area is 380 Å². The van der Waals surface area contributed by atoms with Crippen molar-refractivity contribution >= 4 is 17.9 Å². The first-order valence-electron chi connectivity index (χ1n) is 27.4. The third kappa shape index (κ3) is 49.3. The molecule has 6 heteroatoms. The average Bonchev–Trinajstić information content (AvgIpc) is 3.24. The van der Waals surface area contributed by atoms with E-state index >= 15 is 0 Å². The van der Waals surface area contributed by atoms with E-state index < -0.39 is 6.10 Å². The zero-order valence-corrected chi connectivity index (χ0v) is 41.6. The Balaban J connectivity index is 4.21. The van der Waals surface area contributed by atoms with E-state index in [0.717, 1.165) is 63.7 Å². The molecular formula is C55H106O6. The fraction of sp³-hybridized carbons (Fsp3) is 0.945. The van der Waals surface area contributed by atoms with Gasteiger partial charge in [-0.25, -0.2) is 0 Å². The molecule has 0 aromatic rings. The van der Waals surface area contributed by atoms with Gasteiger partial charge in [0.1, 0.15) is 13.2 Å². The highest BCUT2D eigenvalue weighted by Gasteiger charge is 2.19. The lowest BCUT2D eigenvalue weighted by Gasteiger charge is -2.18. The van der Waals surface area contributed by atoms with Gasteiger partial charge in [-0.1, -0.05) is 272 Å². The maximum Gasteiger partial charge on any atom is 0.306 e. The summed E-state index contributed by atoms with van der Waals surface area (Å²) in [6.07, 6.45) is 52.3. The van der Waals surface area contributed by atoms with Crippen LogP contribution in [0.25, 0.3) is 0 Å². The van der Waals surface area contributed by atoms with Crippen molar-refractivity contribution in [3.05, 3.63) is 0 Å². The SMILES string of the molecule is CCCCCCCCCCCCCCCCC(=O)OC[C@@H](COC(=O)CCCCCCCCCCCCCCCCCCC(C)C)OC(=O)CCCCCCCCCCCC. The maximum atomic E-state index is 12.8. The minimum atomic E-state index is -0.760. The topological polar surface area (TPSA) is 78.9 Å². The summed E-state index contributed by atoms with van der Waals surface area (Å²) >= 11 is 0. The van der Waals surface area contributed by atoms with Gasteiger partial charge in [-0.3, -0.25) is 14.4 Å². The van der Waals surface area contributed by atoms with Crippen LogP contribution in [0.3, 0.4) is 0 Å². The number of unbranched alkanes of at least 4 members (excludes halogenated alkanes) is 37. The van der Waals surface area contributed by atoms with Crippen molar-refractivity contribution in [3.8, 4) is 0 Å². The fourth-order valence-corrected chi connectivity index (χ4v) is 8.39. The molecule has 0 bridgehead atoms. The molecule has 362 valence electrons. The van der Waals surface area contributed by atoms with Crippen LogP contribution in [0.1, 0.15) is 310 Å². The van der Waals surface area contributed by atoms with Crippen molar-refractivity contribution in [2.45, 2.75) is 316 Å². The van der Waals surface area contributed by atoms with Crippen molar-refractivity contribution in [3.63, 3.8) is 0 Å². The second-order valence-electron chi connectivity index (χ2n) is 19.3. The van der Waals surface area contributed by atoms with E-state index in [4.69, 9.17) is 14.2 Å². The number of rotatable bonds is 50. The van der Waals surface area contributed by atoms with Crippen molar-refractivity contribution in [2.24, 2.45) is 5.92 Å². The van der Waals surface area contributed by atoms with Crippen LogP contribution in [0.2, 0.25) is 0 Å². The Kier molecular flexibility index (Phi) is 48.1. The van der Waals surface area contributed by atoms with Gasteiger partial charge in [-0.05, 0) is 25.2 Å². The van der Waals surface area contributed by atoms with E-state index in [1.54, 1.807) is 0 Å². The molecule has 1 atom stereocenters. The first kappa shape index (κ1) is 59.4. The molecule has 0 rings (SSSR count). The van der Waals surface area contributed by atoms with Gasteiger partial charge in [0.15, 0.2) is 6.10 Å². The lowest BCUT2D eigenvalue weighted by Crippen LogP contribution is -2.30. The van der Waals surface area contributed by atoms with E-state index in [0.29, 0.717) is 19.3 Å². The van der Waals surface area contributed by atoms with Crippen LogP contribution >= 0.6 is 0 Å². The standard InChI is InChI=1S/C55H106O6/c1-5-7-9-11-13-15-17-18-24-27-31-34-38-42-46-53(56)59-49-52(61-55(58)48-44-40-36-30-16-14-12-10-8-6-2)50-60-54(57)47-43-39-35-32-28-25-22-20-19-21-23-26-29-33-37-41-45-51(3)4/h51-52H,5-50H2,1-4H3/t52-/m0/s1. The van der Waals surface area contributed by atoms with Crippen molar-refractivity contribution in [1.82, 2.24) is 0 Å². The summed E-state index contributed by atoms with van der Waals surface area (Å²) in [6.45, 7) is 9.04. The molecule has 0 aliphatic carbocycles. The van der Waals surface area contributed by atoms with Gasteiger partial charge in [0.05, 0.1) is 0 Å². The van der Waals surface area contributed by atoms with Gasteiger partial charge in [0, 0.05) is 19.3 Å². The lowest BCUT2D eigenvalue weighted by molar-refractivity contribution is -0.167. The second-order valence-corrected chi connectivity index (χ2v) is 19.3. The minimum Gasteiger partial charge on any atom is -0.462 e. The number of esters is 3. The summed E-state index contributed by atoms with van der Waals surface area (Å²) in [5.74, 6) is 0.0116. The van der Waals surface area contributed by atoms with E-state index in [9.17, 15) is 14.4 Å². The lowest BCUT2D eigenvalue weighted by atomic mass is 10.0. The molecule has 0 amide bonds. The maximum absolute atomic E-state index is 12.8. The van der Waals surface area contributed by atoms with Crippen molar-refractivity contribution < 1.29 is 28.6 Å². The Bertz CT molecular complexity index is 918. The van der Waals surface area contributed by atoms with Gasteiger partial charge < -0.3 is 14.2 Å². The second kappa shape index (κ2) is 49.4. The van der Waals surface area contributed by atoms with Gasteiger partial charge in [0.2, 0.25) is 0 Å². The van der Waals surface area contributed by atoms with Gasteiger partial charge in [0.25, 0.3) is 0 Å². The van der Waals surface area contributed by atoms with Crippen LogP contribution in [0, 0.1) is 5.92 Å². The zero-order valence-electron chi connectivity index (χ0n) is 41.6. The average molecular weight is 863 g/mol. The van der Waals surface area contributed by atoms with Gasteiger partial charge in [-0.2, -0.15) is 0 Å². The third-order valence-corrected chi connectivity index (χ3v) is 12.5. The number of hydrogen-bond donors (Lipinski definition) is 0. The molecule has 0 unspecified atom stereocenters. The summed E-state index contributed by atoms with van der Waals surface area (Å²) in [5, 5.41) is 0. The monoisotopic (exact) mass is 863 g/mol. The molecule has 0 aliphatic rings. The van der Waals surface area contributed by atoms with E-state index in [1.807, 2.05) is 0 Å². The normalized spacial score (nSPS) is 12.0. The summed E-state index contributed by atoms with van der Waals surface area (Å²) < 4.78 is 16.8. The quantitative estimate of drug-likeness (QED) is 0.0344. The highest BCUT2D eigenvalue weighted by Crippen LogP contribution is 2.17. The summed E-state index contributed by atoms with van der Waals surface area (Å²) in [5.41, 5.74) is 0. The van der Waals surface area contributed by atoms with Crippen molar-refractivity contribution in [2.75, 3.05) is 13.2 Å². The largest absolute Gasteiger partial charge is 0.462 e. The minimum absolute atomic E-state index is 0.0623. The van der Waals surface area contributed by atoms with Gasteiger partial charge in [-0.15, -0.1) is 0 Å². The van der Waals surface area contributed by atoms with Crippen LogP contribution in [0.15, 0.2) is 0 Å². The van der Waals surface area contributed by atoms with E-state index in [1.165, 1.54) is 205 Å². The number of hydrogen-bond acceptors (Lipinski definition) is 6. The molecule has 6 nitrogen and oxygen atoms in total. The van der Waals surface area contributed by atoms with Crippen molar-refractivity contribution in [1.29, 1.82) is 0 Å². The van der Waals surface area contributed by atoms with Crippen LogP contribution in [-0.4, -0.2) is 37.2 Å². The van der Waals surface area contributed by atoms with Crippen LogP contribution in [0.4, 0.5) is 0 Å². The highest BCUT2D eigenvalue weighted by atomic mass is 16.6. The van der Waals surface area contributed by atoms with E-state index in [-0.39, 0.29) is 31.1 Å². The Morgan fingerprint density at radius 1 is 0.311 bits per heavy atom. The molecule has 0 fully saturated rings. The number of ether oxygens (including phenoxy) is 3. The zero-order chi connectivity index (χ0) is 44.5. The molecule has 0 saturated heterocycles. The summed E-state index contributed by atoms with van der Waals surface area (Å²) in [6, 6.07) is 0. The molecule has 0 N–H and O–H groups in total. The van der Waals surface area contributed by atoms with Crippen LogP contribution < -0.4 is 0 Å². The van der Waals surface area contributed by atoms with Crippen LogP contribution in [0.5, 0.6) is 0 Å². The first-order chi connectivity index (χ1) is 29.9. The van der Waals surface area contributed by atoms with Gasteiger partial charge >= 0.3 is 17.9 Å². The summed E-state index contributed by atoms with van der Waals surface area (Å²) in [7, 11) is 0. The number of carbonyl (C=O) groups excluding carboxylic acids is 3. The Morgan fingerprint density at radius 3 is 0.803 bits per heavy atom. The smallest absolute Gasteiger partial charge is 0.306 e. The molecule has 0 saturated carbocycles. The molecule has 0 aromatic heterocycles. The molecule has 0 aliphatic heterocycles. The first-order valence-corrected chi connectivity index (χ1v) is 27.4. The van der Waals surface area contributed by atoms with E-state index in [2.05, 4.69) is 27.7 Å². The molecule has 0 heterocycles. The third-order valence-electron chi connectivity index (χ3n) is 12.5.